The predicted molar refractivity (Wildman–Crippen MR) is 88.2 cm³/mol. The summed E-state index contributed by atoms with van der Waals surface area (Å²) >= 11 is 0. The first-order valence-electron chi connectivity index (χ1n) is 8.57. The molecule has 3 amide bonds. The van der Waals surface area contributed by atoms with Crippen LogP contribution in [0.2, 0.25) is 0 Å². The highest BCUT2D eigenvalue weighted by Gasteiger charge is 2.43. The van der Waals surface area contributed by atoms with Crippen LogP contribution in [0.25, 0.3) is 0 Å². The van der Waals surface area contributed by atoms with Crippen molar-refractivity contribution in [1.29, 1.82) is 0 Å². The van der Waals surface area contributed by atoms with Crippen LogP contribution in [-0.4, -0.2) is 59.7 Å². The van der Waals surface area contributed by atoms with E-state index in [9.17, 15) is 14.4 Å². The Bertz CT molecular complexity index is 671. The highest BCUT2D eigenvalue weighted by molar-refractivity contribution is 5.99. The number of piperazine rings is 1. The summed E-state index contributed by atoms with van der Waals surface area (Å²) in [4.78, 5) is 42.4. The smallest absolute Gasteiger partial charge is 0.246 e. The van der Waals surface area contributed by atoms with Crippen molar-refractivity contribution < 1.29 is 14.4 Å². The molecule has 6 heteroatoms. The molecule has 24 heavy (non-hydrogen) atoms. The van der Waals surface area contributed by atoms with E-state index >= 15 is 0 Å². The molecule has 1 aromatic rings. The minimum absolute atomic E-state index is 0.0486. The van der Waals surface area contributed by atoms with Gasteiger partial charge in [-0.15, -0.1) is 0 Å². The fourth-order valence-corrected chi connectivity index (χ4v) is 3.64. The van der Waals surface area contributed by atoms with Gasteiger partial charge in [0.2, 0.25) is 17.7 Å². The van der Waals surface area contributed by atoms with E-state index in [1.807, 2.05) is 35.2 Å². The molecular formula is C18H21N3O3. The molecule has 2 saturated heterocycles. The van der Waals surface area contributed by atoms with Crippen LogP contribution >= 0.6 is 0 Å². The van der Waals surface area contributed by atoms with Crippen LogP contribution in [0.1, 0.15) is 19.3 Å². The number of rotatable bonds is 3. The van der Waals surface area contributed by atoms with Crippen molar-refractivity contribution in [2.75, 3.05) is 31.1 Å². The normalized spacial score (nSPS) is 24.7. The van der Waals surface area contributed by atoms with Gasteiger partial charge >= 0.3 is 0 Å². The summed E-state index contributed by atoms with van der Waals surface area (Å²) in [6, 6.07) is 9.87. The van der Waals surface area contributed by atoms with E-state index in [0.717, 1.165) is 18.5 Å². The number of likely N-dealkylation sites (tertiary alicyclic amines) is 1. The first-order chi connectivity index (χ1) is 11.6. The van der Waals surface area contributed by atoms with Gasteiger partial charge < -0.3 is 14.7 Å². The van der Waals surface area contributed by atoms with Gasteiger partial charge in [-0.05, 0) is 25.0 Å². The maximum atomic E-state index is 12.7. The van der Waals surface area contributed by atoms with Gasteiger partial charge in [0.25, 0.3) is 0 Å². The molecule has 1 atom stereocenters. The lowest BCUT2D eigenvalue weighted by molar-refractivity contribution is -0.140. The molecule has 0 radical (unpaired) electrons. The Labute approximate surface area is 141 Å². The highest BCUT2D eigenvalue weighted by Crippen LogP contribution is 2.33. The lowest BCUT2D eigenvalue weighted by Gasteiger charge is -2.35. The zero-order valence-corrected chi connectivity index (χ0v) is 13.6. The molecule has 1 unspecified atom stereocenters. The van der Waals surface area contributed by atoms with E-state index in [4.69, 9.17) is 0 Å². The second kappa shape index (κ2) is 5.92. The molecule has 1 saturated carbocycles. The highest BCUT2D eigenvalue weighted by atomic mass is 16.2. The number of hydrogen-bond acceptors (Lipinski definition) is 3. The molecule has 3 aliphatic rings. The quantitative estimate of drug-likeness (QED) is 0.828. The molecule has 4 rings (SSSR count). The van der Waals surface area contributed by atoms with Crippen molar-refractivity contribution in [2.24, 2.45) is 5.92 Å². The van der Waals surface area contributed by atoms with E-state index in [-0.39, 0.29) is 30.2 Å². The summed E-state index contributed by atoms with van der Waals surface area (Å²) in [5.41, 5.74) is 0.866. The van der Waals surface area contributed by atoms with Crippen LogP contribution in [0.5, 0.6) is 0 Å². The SMILES string of the molecule is O=C(C1CC(=O)N(C2CC2)C1)N1CCN(c2ccccc2)C(=O)C1. The summed E-state index contributed by atoms with van der Waals surface area (Å²) in [5.74, 6) is -0.309. The Morgan fingerprint density at radius 1 is 1.00 bits per heavy atom. The summed E-state index contributed by atoms with van der Waals surface area (Å²) in [6.07, 6.45) is 2.41. The van der Waals surface area contributed by atoms with Crippen LogP contribution in [0.15, 0.2) is 30.3 Å². The fraction of sp³-hybridized carbons (Fsp3) is 0.500. The van der Waals surface area contributed by atoms with Crippen LogP contribution in [0.3, 0.4) is 0 Å². The van der Waals surface area contributed by atoms with Crippen molar-refractivity contribution in [3.63, 3.8) is 0 Å². The van der Waals surface area contributed by atoms with Crippen molar-refractivity contribution >= 4 is 23.4 Å². The van der Waals surface area contributed by atoms with Gasteiger partial charge in [-0.25, -0.2) is 0 Å². The zero-order valence-electron chi connectivity index (χ0n) is 13.6. The number of nitrogens with zero attached hydrogens (tertiary/aromatic N) is 3. The number of amides is 3. The Kier molecular flexibility index (Phi) is 3.75. The molecule has 2 heterocycles. The van der Waals surface area contributed by atoms with Crippen LogP contribution in [-0.2, 0) is 14.4 Å². The molecule has 126 valence electrons. The lowest BCUT2D eigenvalue weighted by atomic mass is 10.1. The second-order valence-corrected chi connectivity index (χ2v) is 6.82. The first kappa shape index (κ1) is 15.2. The van der Waals surface area contributed by atoms with Gasteiger partial charge in [-0.1, -0.05) is 18.2 Å². The number of hydrogen-bond donors (Lipinski definition) is 0. The standard InChI is InChI=1S/C18H21N3O3/c22-16-10-13(11-21(16)15-6-7-15)18(24)19-8-9-20(17(23)12-19)14-4-2-1-3-5-14/h1-5,13,15H,6-12H2. The minimum atomic E-state index is -0.283. The van der Waals surface area contributed by atoms with Gasteiger partial charge in [0.05, 0.1) is 5.92 Å². The number of anilines is 1. The predicted octanol–water partition coefficient (Wildman–Crippen LogP) is 0.873. The van der Waals surface area contributed by atoms with Crippen molar-refractivity contribution in [2.45, 2.75) is 25.3 Å². The van der Waals surface area contributed by atoms with Crippen LogP contribution < -0.4 is 4.90 Å². The van der Waals surface area contributed by atoms with Crippen molar-refractivity contribution in [1.82, 2.24) is 9.80 Å². The average molecular weight is 327 g/mol. The van der Waals surface area contributed by atoms with E-state index < -0.39 is 0 Å². The Balaban J connectivity index is 1.39. The van der Waals surface area contributed by atoms with Crippen LogP contribution in [0, 0.1) is 5.92 Å². The lowest BCUT2D eigenvalue weighted by Crippen LogP contribution is -2.54. The number of carbonyl (C=O) groups excluding carboxylic acids is 3. The van der Waals surface area contributed by atoms with E-state index in [0.29, 0.717) is 32.1 Å². The monoisotopic (exact) mass is 327 g/mol. The van der Waals surface area contributed by atoms with Gasteiger partial charge in [0.1, 0.15) is 6.54 Å². The molecule has 2 aliphatic heterocycles. The minimum Gasteiger partial charge on any atom is -0.339 e. The maximum absolute atomic E-state index is 12.7. The van der Waals surface area contributed by atoms with Crippen molar-refractivity contribution in [3.05, 3.63) is 30.3 Å². The topological polar surface area (TPSA) is 60.9 Å². The van der Waals surface area contributed by atoms with Gasteiger partial charge in [-0.3, -0.25) is 14.4 Å². The third kappa shape index (κ3) is 2.77. The summed E-state index contributed by atoms with van der Waals surface area (Å²) in [7, 11) is 0. The van der Waals surface area contributed by atoms with Gasteiger partial charge in [0.15, 0.2) is 0 Å². The summed E-state index contributed by atoms with van der Waals surface area (Å²) < 4.78 is 0. The summed E-state index contributed by atoms with van der Waals surface area (Å²) in [5, 5.41) is 0. The third-order valence-electron chi connectivity index (χ3n) is 5.10. The second-order valence-electron chi connectivity index (χ2n) is 6.82. The van der Waals surface area contributed by atoms with Crippen LogP contribution in [0.4, 0.5) is 5.69 Å². The Morgan fingerprint density at radius 2 is 1.75 bits per heavy atom. The molecule has 0 aromatic heterocycles. The Hall–Kier alpha value is -2.37. The van der Waals surface area contributed by atoms with E-state index in [1.165, 1.54) is 0 Å². The number of carbonyl (C=O) groups is 3. The molecule has 0 spiro atoms. The summed E-state index contributed by atoms with van der Waals surface area (Å²) in [6.45, 7) is 1.65. The molecule has 1 aromatic carbocycles. The maximum Gasteiger partial charge on any atom is 0.246 e. The first-order valence-corrected chi connectivity index (χ1v) is 8.57. The molecule has 3 fully saturated rings. The Morgan fingerprint density at radius 3 is 2.42 bits per heavy atom. The third-order valence-corrected chi connectivity index (χ3v) is 5.10. The van der Waals surface area contributed by atoms with Gasteiger partial charge in [0, 0.05) is 37.8 Å². The molecule has 1 aliphatic carbocycles. The fourth-order valence-electron chi connectivity index (χ4n) is 3.64. The van der Waals surface area contributed by atoms with Gasteiger partial charge in [-0.2, -0.15) is 0 Å². The zero-order chi connectivity index (χ0) is 16.7. The average Bonchev–Trinajstić information content (AvgIpc) is 3.37. The van der Waals surface area contributed by atoms with Crippen molar-refractivity contribution in [3.8, 4) is 0 Å². The number of benzene rings is 1. The molecular weight excluding hydrogens is 306 g/mol. The molecule has 0 N–H and O–H groups in total. The molecule has 0 bridgehead atoms. The molecule has 6 nitrogen and oxygen atoms in total. The largest absolute Gasteiger partial charge is 0.339 e. The van der Waals surface area contributed by atoms with E-state index in [1.54, 1.807) is 9.80 Å². The van der Waals surface area contributed by atoms with E-state index in [2.05, 4.69) is 0 Å². The number of para-hydroxylation sites is 1.